The zero-order chi connectivity index (χ0) is 12.3. The second-order valence-corrected chi connectivity index (χ2v) is 3.45. The van der Waals surface area contributed by atoms with E-state index in [1.54, 1.807) is 13.2 Å². The van der Waals surface area contributed by atoms with E-state index in [-0.39, 0.29) is 6.42 Å². The number of carbonyl (C=O) groups is 1. The van der Waals surface area contributed by atoms with Gasteiger partial charge in [-0.2, -0.15) is 0 Å². The Labute approximate surface area is 97.6 Å². The second-order valence-electron chi connectivity index (χ2n) is 3.45. The van der Waals surface area contributed by atoms with E-state index in [9.17, 15) is 4.79 Å². The summed E-state index contributed by atoms with van der Waals surface area (Å²) >= 11 is 0. The van der Waals surface area contributed by atoms with Crippen LogP contribution in [0.1, 0.15) is 5.69 Å². The molecule has 0 amide bonds. The van der Waals surface area contributed by atoms with Gasteiger partial charge < -0.3 is 14.4 Å². The number of ether oxygens (including phenoxy) is 1. The predicted molar refractivity (Wildman–Crippen MR) is 59.8 cm³/mol. The van der Waals surface area contributed by atoms with Crippen molar-refractivity contribution in [1.82, 2.24) is 5.16 Å². The Morgan fingerprint density at radius 2 is 2.18 bits per heavy atom. The normalized spacial score (nSPS) is 10.2. The third-order valence-corrected chi connectivity index (χ3v) is 2.36. The SMILES string of the molecule is COc1ccccc1-c1conc1CC(=O)O. The zero-order valence-corrected chi connectivity index (χ0v) is 9.21. The molecule has 0 saturated heterocycles. The van der Waals surface area contributed by atoms with Crippen LogP contribution < -0.4 is 4.74 Å². The number of benzene rings is 1. The molecule has 0 spiro atoms. The molecule has 0 aliphatic rings. The first-order valence-corrected chi connectivity index (χ1v) is 5.01. The van der Waals surface area contributed by atoms with Crippen molar-refractivity contribution in [3.05, 3.63) is 36.2 Å². The number of methoxy groups -OCH3 is 1. The highest BCUT2D eigenvalue weighted by molar-refractivity contribution is 5.77. The van der Waals surface area contributed by atoms with Gasteiger partial charge in [0, 0.05) is 11.1 Å². The third-order valence-electron chi connectivity index (χ3n) is 2.36. The minimum Gasteiger partial charge on any atom is -0.496 e. The molecule has 17 heavy (non-hydrogen) atoms. The molecule has 0 unspecified atom stereocenters. The summed E-state index contributed by atoms with van der Waals surface area (Å²) in [6.07, 6.45) is 1.25. The third kappa shape index (κ3) is 2.28. The highest BCUT2D eigenvalue weighted by Gasteiger charge is 2.15. The smallest absolute Gasteiger partial charge is 0.309 e. The number of para-hydroxylation sites is 1. The fourth-order valence-corrected chi connectivity index (χ4v) is 1.62. The number of aromatic nitrogens is 1. The zero-order valence-electron chi connectivity index (χ0n) is 9.21. The highest BCUT2D eigenvalue weighted by atomic mass is 16.5. The molecule has 5 heteroatoms. The summed E-state index contributed by atoms with van der Waals surface area (Å²) in [4.78, 5) is 10.7. The van der Waals surface area contributed by atoms with Gasteiger partial charge in [-0.15, -0.1) is 0 Å². The van der Waals surface area contributed by atoms with Crippen molar-refractivity contribution in [3.63, 3.8) is 0 Å². The monoisotopic (exact) mass is 233 g/mol. The summed E-state index contributed by atoms with van der Waals surface area (Å²) in [6.45, 7) is 0. The van der Waals surface area contributed by atoms with Crippen LogP contribution in [0.5, 0.6) is 5.75 Å². The lowest BCUT2D eigenvalue weighted by atomic mass is 10.0. The predicted octanol–water partition coefficient (Wildman–Crippen LogP) is 1.98. The van der Waals surface area contributed by atoms with Crippen molar-refractivity contribution in [2.75, 3.05) is 7.11 Å². The fourth-order valence-electron chi connectivity index (χ4n) is 1.62. The Morgan fingerprint density at radius 3 is 2.88 bits per heavy atom. The molecule has 1 aromatic heterocycles. The van der Waals surface area contributed by atoms with Crippen LogP contribution in [0.15, 0.2) is 35.1 Å². The number of hydrogen-bond acceptors (Lipinski definition) is 4. The van der Waals surface area contributed by atoms with Gasteiger partial charge in [-0.1, -0.05) is 23.4 Å². The molecule has 1 N–H and O–H groups in total. The van der Waals surface area contributed by atoms with Crippen LogP contribution in [-0.4, -0.2) is 23.3 Å². The van der Waals surface area contributed by atoms with Gasteiger partial charge in [-0.25, -0.2) is 0 Å². The molecule has 0 fully saturated rings. The Bertz CT molecular complexity index is 533. The lowest BCUT2D eigenvalue weighted by molar-refractivity contribution is -0.136. The largest absolute Gasteiger partial charge is 0.496 e. The van der Waals surface area contributed by atoms with Crippen molar-refractivity contribution >= 4 is 5.97 Å². The number of carboxylic acid groups (broad SMARTS) is 1. The van der Waals surface area contributed by atoms with Crippen LogP contribution in [0.2, 0.25) is 0 Å². The maximum atomic E-state index is 10.7. The van der Waals surface area contributed by atoms with Gasteiger partial charge >= 0.3 is 5.97 Å². The van der Waals surface area contributed by atoms with Crippen molar-refractivity contribution in [2.45, 2.75) is 6.42 Å². The average Bonchev–Trinajstić information content (AvgIpc) is 2.76. The van der Waals surface area contributed by atoms with Gasteiger partial charge in [0.25, 0.3) is 0 Å². The molecule has 0 saturated carbocycles. The molecule has 1 heterocycles. The van der Waals surface area contributed by atoms with Gasteiger partial charge in [-0.3, -0.25) is 4.79 Å². The Morgan fingerprint density at radius 1 is 1.41 bits per heavy atom. The van der Waals surface area contributed by atoms with Crippen molar-refractivity contribution in [3.8, 4) is 16.9 Å². The number of hydrogen-bond donors (Lipinski definition) is 1. The first kappa shape index (κ1) is 11.2. The van der Waals surface area contributed by atoms with Crippen LogP contribution in [0.25, 0.3) is 11.1 Å². The quantitative estimate of drug-likeness (QED) is 0.874. The molecule has 5 nitrogen and oxygen atoms in total. The standard InChI is InChI=1S/C12H11NO4/c1-16-11-5-3-2-4-8(11)9-7-17-13-10(9)6-12(14)15/h2-5,7H,6H2,1H3,(H,14,15). The molecule has 0 aliphatic heterocycles. The minimum absolute atomic E-state index is 0.177. The lowest BCUT2D eigenvalue weighted by Gasteiger charge is -2.06. The van der Waals surface area contributed by atoms with Crippen molar-refractivity contribution in [2.24, 2.45) is 0 Å². The summed E-state index contributed by atoms with van der Waals surface area (Å²) in [5.74, 6) is -0.294. The molecular weight excluding hydrogens is 222 g/mol. The molecule has 0 atom stereocenters. The van der Waals surface area contributed by atoms with Gasteiger partial charge in [0.15, 0.2) is 0 Å². The number of rotatable bonds is 4. The van der Waals surface area contributed by atoms with E-state index >= 15 is 0 Å². The molecule has 0 bridgehead atoms. The molecule has 0 radical (unpaired) electrons. The van der Waals surface area contributed by atoms with E-state index < -0.39 is 5.97 Å². The summed E-state index contributed by atoms with van der Waals surface area (Å²) in [5, 5.41) is 12.5. The molecule has 0 aliphatic carbocycles. The summed E-state index contributed by atoms with van der Waals surface area (Å²) < 4.78 is 10.0. The summed E-state index contributed by atoms with van der Waals surface area (Å²) in [6, 6.07) is 7.31. The van der Waals surface area contributed by atoms with Crippen molar-refractivity contribution < 1.29 is 19.2 Å². The molecule has 1 aromatic carbocycles. The first-order chi connectivity index (χ1) is 8.22. The topological polar surface area (TPSA) is 72.6 Å². The van der Waals surface area contributed by atoms with E-state index in [4.69, 9.17) is 14.4 Å². The van der Waals surface area contributed by atoms with Crippen LogP contribution in [-0.2, 0) is 11.2 Å². The number of aliphatic carboxylic acids is 1. The number of nitrogens with zero attached hydrogens (tertiary/aromatic N) is 1. The van der Waals surface area contributed by atoms with Gasteiger partial charge in [-0.05, 0) is 6.07 Å². The van der Waals surface area contributed by atoms with Gasteiger partial charge in [0.1, 0.15) is 17.7 Å². The Hall–Kier alpha value is -2.30. The van der Waals surface area contributed by atoms with Crippen LogP contribution in [0.4, 0.5) is 0 Å². The van der Waals surface area contributed by atoms with E-state index in [0.717, 1.165) is 5.56 Å². The van der Waals surface area contributed by atoms with E-state index in [0.29, 0.717) is 17.0 Å². The van der Waals surface area contributed by atoms with Crippen LogP contribution in [0.3, 0.4) is 0 Å². The fraction of sp³-hybridized carbons (Fsp3) is 0.167. The van der Waals surface area contributed by atoms with E-state index in [1.807, 2.05) is 18.2 Å². The van der Waals surface area contributed by atoms with Crippen LogP contribution >= 0.6 is 0 Å². The Kier molecular flexibility index (Phi) is 3.09. The van der Waals surface area contributed by atoms with E-state index in [1.165, 1.54) is 6.26 Å². The van der Waals surface area contributed by atoms with Gasteiger partial charge in [0.2, 0.25) is 0 Å². The Balaban J connectivity index is 2.46. The minimum atomic E-state index is -0.949. The number of carboxylic acids is 1. The molecular formula is C12H11NO4. The molecule has 88 valence electrons. The first-order valence-electron chi connectivity index (χ1n) is 5.01. The highest BCUT2D eigenvalue weighted by Crippen LogP contribution is 2.31. The van der Waals surface area contributed by atoms with Gasteiger partial charge in [0.05, 0.1) is 13.5 Å². The molecule has 2 aromatic rings. The van der Waals surface area contributed by atoms with E-state index in [2.05, 4.69) is 5.16 Å². The summed E-state index contributed by atoms with van der Waals surface area (Å²) in [5.41, 5.74) is 1.80. The van der Waals surface area contributed by atoms with Crippen LogP contribution in [0, 0.1) is 0 Å². The average molecular weight is 233 g/mol. The maximum absolute atomic E-state index is 10.7. The lowest BCUT2D eigenvalue weighted by Crippen LogP contribution is -2.01. The molecule has 2 rings (SSSR count). The van der Waals surface area contributed by atoms with Crippen molar-refractivity contribution in [1.29, 1.82) is 0 Å². The maximum Gasteiger partial charge on any atom is 0.309 e. The summed E-state index contributed by atoms with van der Waals surface area (Å²) in [7, 11) is 1.56. The second kappa shape index (κ2) is 4.69.